The second-order valence-electron chi connectivity index (χ2n) is 8.91. The van der Waals surface area contributed by atoms with Crippen LogP contribution in [0.4, 0.5) is 0 Å². The highest BCUT2D eigenvalue weighted by Crippen LogP contribution is 2.14. The minimum absolute atomic E-state index is 0.0274. The van der Waals surface area contributed by atoms with Gasteiger partial charge in [-0.1, -0.05) is 45.1 Å². The van der Waals surface area contributed by atoms with Gasteiger partial charge in [0.25, 0.3) is 11.5 Å². The first kappa shape index (κ1) is 24.3. The van der Waals surface area contributed by atoms with Gasteiger partial charge in [0, 0.05) is 25.1 Å². The smallest absolute Gasteiger partial charge is 0.267 e. The topological polar surface area (TPSA) is 105 Å². The molecule has 0 aliphatic rings. The van der Waals surface area contributed by atoms with E-state index in [1.807, 2.05) is 25.1 Å². The van der Waals surface area contributed by atoms with Crippen molar-refractivity contribution in [2.45, 2.75) is 58.9 Å². The predicted octanol–water partition coefficient (Wildman–Crippen LogP) is 3.97. The molecule has 8 nitrogen and oxygen atoms in total. The van der Waals surface area contributed by atoms with E-state index >= 15 is 0 Å². The average Bonchev–Trinajstić information content (AvgIpc) is 2.86. The summed E-state index contributed by atoms with van der Waals surface area (Å²) in [5, 5.41) is 12.1. The second-order valence-corrected chi connectivity index (χ2v) is 8.91. The van der Waals surface area contributed by atoms with E-state index < -0.39 is 0 Å². The van der Waals surface area contributed by atoms with E-state index in [4.69, 9.17) is 10.4 Å². The Labute approximate surface area is 204 Å². The van der Waals surface area contributed by atoms with Gasteiger partial charge in [0.05, 0.1) is 17.5 Å². The zero-order valence-corrected chi connectivity index (χ0v) is 20.4. The van der Waals surface area contributed by atoms with Gasteiger partial charge in [-0.05, 0) is 48.7 Å². The van der Waals surface area contributed by atoms with E-state index in [9.17, 15) is 9.59 Å². The Morgan fingerprint density at radius 2 is 1.80 bits per heavy atom. The molecule has 4 heterocycles. The van der Waals surface area contributed by atoms with Crippen molar-refractivity contribution < 1.29 is 4.79 Å². The van der Waals surface area contributed by atoms with Crippen LogP contribution in [0, 0.1) is 12.3 Å². The fraction of sp³-hybridized carbons (Fsp3) is 0.370. The van der Waals surface area contributed by atoms with Gasteiger partial charge in [-0.2, -0.15) is 0 Å². The number of hydrogen-bond acceptors (Lipinski definition) is 5. The summed E-state index contributed by atoms with van der Waals surface area (Å²) in [5.41, 5.74) is 2.61. The van der Waals surface area contributed by atoms with Crippen molar-refractivity contribution in [2.75, 3.05) is 6.54 Å². The van der Waals surface area contributed by atoms with Crippen molar-refractivity contribution in [1.82, 2.24) is 24.3 Å². The van der Waals surface area contributed by atoms with Gasteiger partial charge in [0.2, 0.25) is 0 Å². The molecule has 0 bridgehead atoms. The summed E-state index contributed by atoms with van der Waals surface area (Å²) in [6.45, 7) is 4.92. The minimum Gasteiger partial charge on any atom is -0.352 e. The summed E-state index contributed by atoms with van der Waals surface area (Å²) in [7, 11) is 0. The van der Waals surface area contributed by atoms with Crippen LogP contribution in [-0.2, 0) is 6.54 Å². The number of carbonyl (C=O) groups excluding carboxylic acids is 1. The highest BCUT2D eigenvalue weighted by Gasteiger charge is 2.18. The molecule has 0 aliphatic carbocycles. The van der Waals surface area contributed by atoms with Gasteiger partial charge in [-0.15, -0.1) is 0 Å². The second kappa shape index (κ2) is 11.1. The summed E-state index contributed by atoms with van der Waals surface area (Å²) >= 11 is 0. The number of aryl methyl sites for hydroxylation is 1. The van der Waals surface area contributed by atoms with Crippen LogP contribution in [0.1, 0.15) is 66.9 Å². The number of carbonyl (C=O) groups is 1. The Morgan fingerprint density at radius 1 is 1.06 bits per heavy atom. The van der Waals surface area contributed by atoms with Crippen LogP contribution >= 0.6 is 0 Å². The van der Waals surface area contributed by atoms with E-state index in [-0.39, 0.29) is 22.5 Å². The maximum absolute atomic E-state index is 13.4. The molecule has 4 aromatic heterocycles. The zero-order chi connectivity index (χ0) is 24.8. The van der Waals surface area contributed by atoms with Crippen molar-refractivity contribution in [1.29, 1.82) is 5.41 Å². The molecule has 0 saturated carbocycles. The Hall–Kier alpha value is -3.81. The van der Waals surface area contributed by atoms with E-state index in [0.717, 1.165) is 30.4 Å². The molecule has 0 saturated heterocycles. The maximum Gasteiger partial charge on any atom is 0.267 e. The Morgan fingerprint density at radius 3 is 2.57 bits per heavy atom. The third-order valence-electron chi connectivity index (χ3n) is 6.28. The third-order valence-corrected chi connectivity index (χ3v) is 6.28. The van der Waals surface area contributed by atoms with Gasteiger partial charge < -0.3 is 9.88 Å². The monoisotopic (exact) mass is 472 g/mol. The standard InChI is InChI=1S/C27H32N6O2/c1-3-4-5-6-7-8-13-30-26(34)21-17-22-25(31-24-19(2)10-9-16-32(24)27(22)35)33(23(21)28)18-20-11-14-29-15-12-20/h9-12,14-17,28H,3-8,13,18H2,1-2H3,(H,30,34). The van der Waals surface area contributed by atoms with E-state index in [0.29, 0.717) is 29.8 Å². The lowest BCUT2D eigenvalue weighted by molar-refractivity contribution is 0.0950. The third kappa shape index (κ3) is 5.31. The lowest BCUT2D eigenvalue weighted by atomic mass is 10.1. The molecular formula is C27H32N6O2. The molecule has 0 atom stereocenters. The molecule has 0 aromatic carbocycles. The Balaban J connectivity index is 1.74. The lowest BCUT2D eigenvalue weighted by Gasteiger charge is -2.15. The number of hydrogen-bond donors (Lipinski definition) is 2. The van der Waals surface area contributed by atoms with Crippen molar-refractivity contribution in [3.63, 3.8) is 0 Å². The molecule has 0 unspecified atom stereocenters. The SMILES string of the molecule is CCCCCCCCNC(=O)c1cc2c(=O)n3cccc(C)c3nc2n(Cc2ccncc2)c1=N. The first-order valence-corrected chi connectivity index (χ1v) is 12.3. The number of nitrogens with one attached hydrogen (secondary N) is 2. The van der Waals surface area contributed by atoms with Gasteiger partial charge in [-0.25, -0.2) is 4.98 Å². The zero-order valence-electron chi connectivity index (χ0n) is 20.4. The van der Waals surface area contributed by atoms with Gasteiger partial charge in [0.1, 0.15) is 16.8 Å². The molecule has 2 N–H and O–H groups in total. The first-order chi connectivity index (χ1) is 17.0. The first-order valence-electron chi connectivity index (χ1n) is 12.3. The molecule has 0 aliphatic heterocycles. The quantitative estimate of drug-likeness (QED) is 0.269. The molecule has 4 rings (SSSR count). The molecule has 182 valence electrons. The molecule has 1 amide bonds. The maximum atomic E-state index is 13.4. The number of aromatic nitrogens is 4. The summed E-state index contributed by atoms with van der Waals surface area (Å²) < 4.78 is 3.13. The van der Waals surface area contributed by atoms with Crippen LogP contribution in [0.2, 0.25) is 0 Å². The number of amides is 1. The van der Waals surface area contributed by atoms with Crippen LogP contribution in [0.25, 0.3) is 16.7 Å². The van der Waals surface area contributed by atoms with Gasteiger partial charge in [-0.3, -0.25) is 24.4 Å². The lowest BCUT2D eigenvalue weighted by Crippen LogP contribution is -2.35. The largest absolute Gasteiger partial charge is 0.352 e. The average molecular weight is 473 g/mol. The highest BCUT2D eigenvalue weighted by atomic mass is 16.1. The fourth-order valence-electron chi connectivity index (χ4n) is 4.30. The van der Waals surface area contributed by atoms with Gasteiger partial charge >= 0.3 is 0 Å². The molecular weight excluding hydrogens is 440 g/mol. The van der Waals surface area contributed by atoms with E-state index in [1.54, 1.807) is 29.2 Å². The number of pyridine rings is 3. The van der Waals surface area contributed by atoms with Crippen molar-refractivity contribution >= 4 is 22.6 Å². The molecule has 0 fully saturated rings. The molecule has 35 heavy (non-hydrogen) atoms. The summed E-state index contributed by atoms with van der Waals surface area (Å²) in [6.07, 6.45) is 11.8. The van der Waals surface area contributed by atoms with Crippen molar-refractivity contribution in [3.05, 3.63) is 81.5 Å². The van der Waals surface area contributed by atoms with Crippen LogP contribution in [0.3, 0.4) is 0 Å². The summed E-state index contributed by atoms with van der Waals surface area (Å²) in [6, 6.07) is 8.91. The van der Waals surface area contributed by atoms with Crippen molar-refractivity contribution in [3.8, 4) is 0 Å². The van der Waals surface area contributed by atoms with Gasteiger partial charge in [0.15, 0.2) is 0 Å². The summed E-state index contributed by atoms with van der Waals surface area (Å²) in [5.74, 6) is -0.345. The Bertz CT molecular complexity index is 1460. The molecule has 4 aromatic rings. The summed E-state index contributed by atoms with van der Waals surface area (Å²) in [4.78, 5) is 35.3. The van der Waals surface area contributed by atoms with E-state index in [1.165, 1.54) is 29.7 Å². The molecule has 0 spiro atoms. The predicted molar refractivity (Wildman–Crippen MR) is 137 cm³/mol. The number of nitrogens with zero attached hydrogens (tertiary/aromatic N) is 4. The Kier molecular flexibility index (Phi) is 7.70. The highest BCUT2D eigenvalue weighted by molar-refractivity contribution is 5.96. The molecule has 8 heteroatoms. The minimum atomic E-state index is -0.345. The van der Waals surface area contributed by atoms with Crippen LogP contribution in [-0.4, -0.2) is 31.4 Å². The van der Waals surface area contributed by atoms with Crippen LogP contribution in [0.15, 0.2) is 53.7 Å². The van der Waals surface area contributed by atoms with Crippen LogP contribution < -0.4 is 16.4 Å². The number of rotatable bonds is 10. The number of fused-ring (bicyclic) bond motifs is 2. The molecule has 0 radical (unpaired) electrons. The fourth-order valence-corrected chi connectivity index (χ4v) is 4.30. The van der Waals surface area contributed by atoms with E-state index in [2.05, 4.69) is 17.2 Å². The normalized spacial score (nSPS) is 11.3. The van der Waals surface area contributed by atoms with Crippen LogP contribution in [0.5, 0.6) is 0 Å². The van der Waals surface area contributed by atoms with Crippen molar-refractivity contribution in [2.24, 2.45) is 0 Å². The number of unbranched alkanes of at least 4 members (excludes halogenated alkanes) is 5.